The van der Waals surface area contributed by atoms with Gasteiger partial charge in [-0.1, -0.05) is 11.6 Å². The van der Waals surface area contributed by atoms with Crippen LogP contribution in [0.3, 0.4) is 0 Å². The molecule has 0 N–H and O–H groups in total. The molecule has 2 aromatic rings. The predicted octanol–water partition coefficient (Wildman–Crippen LogP) is 5.48. The second-order valence-corrected chi connectivity index (χ2v) is 11.0. The van der Waals surface area contributed by atoms with E-state index in [9.17, 15) is 9.59 Å². The number of carbonyl (C=O) groups excluding carboxylic acids is 1. The van der Waals surface area contributed by atoms with Crippen molar-refractivity contribution in [1.82, 2.24) is 4.57 Å². The fourth-order valence-corrected chi connectivity index (χ4v) is 5.61. The number of hydrogen-bond donors (Lipinski definition) is 0. The first-order chi connectivity index (χ1) is 15.8. The maximum Gasteiger partial charge on any atom is 0.344 e. The number of nitrogens with zero attached hydrogens (tertiary/aromatic N) is 1. The molecule has 3 aliphatic rings. The van der Waals surface area contributed by atoms with E-state index >= 15 is 0 Å². The van der Waals surface area contributed by atoms with E-state index in [2.05, 4.69) is 0 Å². The number of methoxy groups -OCH3 is 1. The summed E-state index contributed by atoms with van der Waals surface area (Å²) in [6, 6.07) is 5.69. The lowest BCUT2D eigenvalue weighted by molar-refractivity contribution is 0.0375. The van der Waals surface area contributed by atoms with Crippen molar-refractivity contribution in [3.8, 4) is 17.0 Å². The first-order valence-electron chi connectivity index (χ1n) is 11.4. The van der Waals surface area contributed by atoms with Gasteiger partial charge in [-0.25, -0.2) is 4.79 Å². The average molecular weight is 490 g/mol. The number of halogens is 1. The van der Waals surface area contributed by atoms with Crippen LogP contribution in [0.15, 0.2) is 27.9 Å². The molecule has 0 unspecified atom stereocenters. The van der Waals surface area contributed by atoms with Gasteiger partial charge in [0.1, 0.15) is 11.3 Å². The monoisotopic (exact) mass is 489 g/mol. The van der Waals surface area contributed by atoms with Crippen molar-refractivity contribution in [2.24, 2.45) is 5.41 Å². The largest absolute Gasteiger partial charge is 0.491 e. The van der Waals surface area contributed by atoms with E-state index in [0.717, 1.165) is 47.4 Å². The molecule has 0 saturated heterocycles. The third-order valence-electron chi connectivity index (χ3n) is 6.40. The van der Waals surface area contributed by atoms with Gasteiger partial charge in [-0.05, 0) is 63.3 Å². The Balaban J connectivity index is 1.52. The summed E-state index contributed by atoms with van der Waals surface area (Å²) < 4.78 is 18.6. The standard InChI is InChI=1S/C25H28ClNO5S/c1-14(2)32-24(29)18-8-15-11-33-21-10-20(31-13-25(6-7-25)12-30-3)19(26)9-17(21)22(15)27(23(18)28)16-4-5-16/h8-10,14,16H,4-7,11-13H2,1-3H3. The van der Waals surface area contributed by atoms with Crippen molar-refractivity contribution >= 4 is 29.3 Å². The van der Waals surface area contributed by atoms with E-state index in [1.54, 1.807) is 43.4 Å². The number of rotatable bonds is 8. The fourth-order valence-electron chi connectivity index (χ4n) is 4.36. The number of benzene rings is 1. The van der Waals surface area contributed by atoms with Crippen molar-refractivity contribution in [2.75, 3.05) is 20.3 Å². The van der Waals surface area contributed by atoms with E-state index in [-0.39, 0.29) is 28.7 Å². The minimum Gasteiger partial charge on any atom is -0.491 e. The number of pyridine rings is 1. The highest BCUT2D eigenvalue weighted by Crippen LogP contribution is 2.50. The highest BCUT2D eigenvalue weighted by Gasteiger charge is 2.44. The minimum absolute atomic E-state index is 0.0984. The zero-order valence-corrected chi connectivity index (χ0v) is 20.7. The summed E-state index contributed by atoms with van der Waals surface area (Å²) in [6.07, 6.45) is 3.76. The highest BCUT2D eigenvalue weighted by atomic mass is 35.5. The van der Waals surface area contributed by atoms with E-state index < -0.39 is 5.97 Å². The summed E-state index contributed by atoms with van der Waals surface area (Å²) in [5.41, 5.74) is 2.66. The van der Waals surface area contributed by atoms with Gasteiger partial charge in [-0.15, -0.1) is 11.8 Å². The lowest BCUT2D eigenvalue weighted by Gasteiger charge is -2.26. The molecule has 0 amide bonds. The predicted molar refractivity (Wildman–Crippen MR) is 129 cm³/mol. The van der Waals surface area contributed by atoms with Crippen molar-refractivity contribution < 1.29 is 19.0 Å². The smallest absolute Gasteiger partial charge is 0.344 e. The van der Waals surface area contributed by atoms with Crippen molar-refractivity contribution in [1.29, 1.82) is 0 Å². The zero-order valence-electron chi connectivity index (χ0n) is 19.1. The maximum atomic E-state index is 13.4. The Morgan fingerprint density at radius 3 is 2.64 bits per heavy atom. The molecular formula is C25H28ClNO5S. The molecule has 0 bridgehead atoms. The second-order valence-electron chi connectivity index (χ2n) is 9.58. The van der Waals surface area contributed by atoms with Crippen LogP contribution >= 0.6 is 23.4 Å². The van der Waals surface area contributed by atoms with Gasteiger partial charge in [-0.2, -0.15) is 0 Å². The first-order valence-corrected chi connectivity index (χ1v) is 12.8. The third-order valence-corrected chi connectivity index (χ3v) is 7.80. The number of esters is 1. The minimum atomic E-state index is -0.560. The van der Waals surface area contributed by atoms with Gasteiger partial charge in [0.2, 0.25) is 0 Å². The van der Waals surface area contributed by atoms with Gasteiger partial charge in [0, 0.05) is 34.8 Å². The Morgan fingerprint density at radius 1 is 1.24 bits per heavy atom. The lowest BCUT2D eigenvalue weighted by atomic mass is 10.0. The van der Waals surface area contributed by atoms with Gasteiger partial charge in [0.05, 0.1) is 30.0 Å². The van der Waals surface area contributed by atoms with Gasteiger partial charge >= 0.3 is 5.97 Å². The summed E-state index contributed by atoms with van der Waals surface area (Å²) in [6.45, 7) is 4.83. The van der Waals surface area contributed by atoms with Crippen LogP contribution in [0.25, 0.3) is 11.3 Å². The van der Waals surface area contributed by atoms with E-state index in [0.29, 0.717) is 29.7 Å². The van der Waals surface area contributed by atoms with Crippen molar-refractivity contribution in [2.45, 2.75) is 62.3 Å². The Kier molecular flexibility index (Phi) is 6.00. The van der Waals surface area contributed by atoms with Gasteiger partial charge < -0.3 is 18.8 Å². The summed E-state index contributed by atoms with van der Waals surface area (Å²) in [5, 5.41) is 0.522. The summed E-state index contributed by atoms with van der Waals surface area (Å²) in [7, 11) is 1.72. The molecule has 8 heteroatoms. The quantitative estimate of drug-likeness (QED) is 0.457. The number of hydrogen-bond acceptors (Lipinski definition) is 6. The molecule has 5 rings (SSSR count). The second kappa shape index (κ2) is 8.67. The molecule has 2 fully saturated rings. The molecule has 176 valence electrons. The van der Waals surface area contributed by atoms with Crippen LogP contribution in [-0.4, -0.2) is 37.0 Å². The van der Waals surface area contributed by atoms with Crippen LogP contribution in [0, 0.1) is 5.41 Å². The normalized spacial score (nSPS) is 18.0. The third kappa shape index (κ3) is 4.43. The van der Waals surface area contributed by atoms with Crippen molar-refractivity contribution in [3.05, 3.63) is 44.7 Å². The van der Waals surface area contributed by atoms with E-state index in [4.69, 9.17) is 25.8 Å². The van der Waals surface area contributed by atoms with Crippen LogP contribution in [0.5, 0.6) is 5.75 Å². The Hall–Kier alpha value is -1.96. The molecule has 2 saturated carbocycles. The number of thioether (sulfide) groups is 1. The molecular weight excluding hydrogens is 462 g/mol. The SMILES string of the molecule is COCC1(COc2cc3c(cc2Cl)-c2c(cc(C(=O)OC(C)C)c(=O)n2C2CC2)CS3)CC1. The summed E-state index contributed by atoms with van der Waals surface area (Å²) in [5.74, 6) is 0.757. The number of fused-ring (bicyclic) bond motifs is 3. The topological polar surface area (TPSA) is 66.8 Å². The number of aromatic nitrogens is 1. The zero-order chi connectivity index (χ0) is 23.3. The highest BCUT2D eigenvalue weighted by molar-refractivity contribution is 7.98. The lowest BCUT2D eigenvalue weighted by Crippen LogP contribution is -2.30. The molecule has 33 heavy (non-hydrogen) atoms. The van der Waals surface area contributed by atoms with Gasteiger partial charge in [0.15, 0.2) is 0 Å². The molecule has 6 nitrogen and oxygen atoms in total. The van der Waals surface area contributed by atoms with Gasteiger partial charge in [-0.3, -0.25) is 4.79 Å². The number of ether oxygens (including phenoxy) is 3. The van der Waals surface area contributed by atoms with E-state index in [1.807, 2.05) is 12.1 Å². The maximum absolute atomic E-state index is 13.4. The molecule has 2 heterocycles. The van der Waals surface area contributed by atoms with Gasteiger partial charge in [0.25, 0.3) is 5.56 Å². The molecule has 0 atom stereocenters. The first kappa shape index (κ1) is 22.8. The Labute approximate surface area is 202 Å². The summed E-state index contributed by atoms with van der Waals surface area (Å²) >= 11 is 8.32. The molecule has 2 aliphatic carbocycles. The Morgan fingerprint density at radius 2 is 2.00 bits per heavy atom. The summed E-state index contributed by atoms with van der Waals surface area (Å²) in [4.78, 5) is 27.0. The van der Waals surface area contributed by atoms with Crippen molar-refractivity contribution in [3.63, 3.8) is 0 Å². The van der Waals surface area contributed by atoms with Crippen LogP contribution < -0.4 is 10.3 Å². The van der Waals surface area contributed by atoms with Crippen LogP contribution in [0.4, 0.5) is 0 Å². The van der Waals surface area contributed by atoms with E-state index in [1.165, 1.54) is 0 Å². The molecule has 0 radical (unpaired) electrons. The molecule has 1 aromatic heterocycles. The Bertz CT molecular complexity index is 1170. The van der Waals surface area contributed by atoms with Crippen LogP contribution in [0.1, 0.15) is 61.5 Å². The average Bonchev–Trinajstić information content (AvgIpc) is 3.68. The molecule has 1 aromatic carbocycles. The van der Waals surface area contributed by atoms with Crippen LogP contribution in [-0.2, 0) is 15.2 Å². The molecule has 1 aliphatic heterocycles. The fraction of sp³-hybridized carbons (Fsp3) is 0.520. The number of carbonyl (C=O) groups is 1. The molecule has 0 spiro atoms. The van der Waals surface area contributed by atoms with Crippen LogP contribution in [0.2, 0.25) is 5.02 Å².